The summed E-state index contributed by atoms with van der Waals surface area (Å²) in [4.78, 5) is 0. The van der Waals surface area contributed by atoms with Crippen LogP contribution in [0, 0.1) is 0 Å². The number of hydrazone groups is 2. The SMILES string of the molecule is CN/N=C(/C=N\Nc1ccccc1)[C@H]1OC[C@@H](O)[C@H]1O. The van der Waals surface area contributed by atoms with Crippen molar-refractivity contribution >= 4 is 17.6 Å². The maximum absolute atomic E-state index is 9.81. The molecule has 7 nitrogen and oxygen atoms in total. The summed E-state index contributed by atoms with van der Waals surface area (Å²) in [5.41, 5.74) is 6.71. The smallest absolute Gasteiger partial charge is 0.131 e. The number of nitrogens with one attached hydrogen (secondary N) is 2. The van der Waals surface area contributed by atoms with Crippen molar-refractivity contribution in [2.24, 2.45) is 10.2 Å². The first kappa shape index (κ1) is 14.4. The van der Waals surface area contributed by atoms with Crippen LogP contribution >= 0.6 is 0 Å². The van der Waals surface area contributed by atoms with Crippen molar-refractivity contribution < 1.29 is 14.9 Å². The number of anilines is 1. The van der Waals surface area contributed by atoms with Crippen molar-refractivity contribution in [1.29, 1.82) is 0 Å². The Balaban J connectivity index is 2.01. The van der Waals surface area contributed by atoms with E-state index >= 15 is 0 Å². The van der Waals surface area contributed by atoms with Gasteiger partial charge in [0.1, 0.15) is 24.0 Å². The lowest BCUT2D eigenvalue weighted by Gasteiger charge is -2.14. The lowest BCUT2D eigenvalue weighted by atomic mass is 10.1. The summed E-state index contributed by atoms with van der Waals surface area (Å²) in [5, 5.41) is 27.3. The van der Waals surface area contributed by atoms with Gasteiger partial charge in [0, 0.05) is 7.05 Å². The summed E-state index contributed by atoms with van der Waals surface area (Å²) in [6.07, 6.45) is -1.16. The van der Waals surface area contributed by atoms with Gasteiger partial charge in [-0.25, -0.2) is 0 Å². The Kier molecular flexibility index (Phi) is 5.05. The zero-order valence-corrected chi connectivity index (χ0v) is 11.1. The molecule has 1 aromatic carbocycles. The minimum absolute atomic E-state index is 0.0779. The highest BCUT2D eigenvalue weighted by Crippen LogP contribution is 2.15. The van der Waals surface area contributed by atoms with Crippen molar-refractivity contribution in [2.45, 2.75) is 18.3 Å². The number of hydrogen-bond donors (Lipinski definition) is 4. The van der Waals surface area contributed by atoms with E-state index in [4.69, 9.17) is 4.74 Å². The zero-order chi connectivity index (χ0) is 14.4. The first-order valence-electron chi connectivity index (χ1n) is 6.28. The van der Waals surface area contributed by atoms with Gasteiger partial charge in [-0.05, 0) is 12.1 Å². The van der Waals surface area contributed by atoms with Gasteiger partial charge in [-0.1, -0.05) is 18.2 Å². The van der Waals surface area contributed by atoms with Gasteiger partial charge in [0.15, 0.2) is 0 Å². The van der Waals surface area contributed by atoms with Crippen LogP contribution in [0.25, 0.3) is 0 Å². The van der Waals surface area contributed by atoms with Crippen LogP contribution in [0.5, 0.6) is 0 Å². The van der Waals surface area contributed by atoms with Crippen molar-refractivity contribution in [2.75, 3.05) is 19.1 Å². The van der Waals surface area contributed by atoms with Gasteiger partial charge in [-0.15, -0.1) is 0 Å². The molecular formula is C13H18N4O3. The molecule has 20 heavy (non-hydrogen) atoms. The molecule has 1 fully saturated rings. The van der Waals surface area contributed by atoms with E-state index in [1.165, 1.54) is 6.21 Å². The monoisotopic (exact) mass is 278 g/mol. The van der Waals surface area contributed by atoms with Gasteiger partial charge >= 0.3 is 0 Å². The van der Waals surface area contributed by atoms with Crippen LogP contribution in [0.4, 0.5) is 5.69 Å². The molecule has 0 amide bonds. The predicted octanol–water partition coefficient (Wildman–Crippen LogP) is -0.220. The van der Waals surface area contributed by atoms with E-state index in [1.54, 1.807) is 7.05 Å². The Bertz CT molecular complexity index is 478. The average molecular weight is 278 g/mol. The molecule has 0 bridgehead atoms. The van der Waals surface area contributed by atoms with E-state index < -0.39 is 18.3 Å². The number of benzene rings is 1. The van der Waals surface area contributed by atoms with Gasteiger partial charge in [0.25, 0.3) is 0 Å². The van der Waals surface area contributed by atoms with E-state index in [0.29, 0.717) is 5.71 Å². The summed E-state index contributed by atoms with van der Waals surface area (Å²) in [6, 6.07) is 9.43. The minimum atomic E-state index is -1.01. The third-order valence-electron chi connectivity index (χ3n) is 2.85. The van der Waals surface area contributed by atoms with Crippen molar-refractivity contribution in [3.63, 3.8) is 0 Å². The minimum Gasteiger partial charge on any atom is -0.388 e. The van der Waals surface area contributed by atoms with Crippen LogP contribution in [0.1, 0.15) is 0 Å². The normalized spacial score (nSPS) is 26.9. The van der Waals surface area contributed by atoms with E-state index in [1.807, 2.05) is 30.3 Å². The molecule has 2 rings (SSSR count). The Morgan fingerprint density at radius 2 is 2.10 bits per heavy atom. The number of ether oxygens (including phenoxy) is 1. The van der Waals surface area contributed by atoms with Gasteiger partial charge < -0.3 is 20.4 Å². The molecule has 0 unspecified atom stereocenters. The lowest BCUT2D eigenvalue weighted by molar-refractivity contribution is 0.0475. The standard InChI is InChI=1S/C13H18N4O3/c1-14-17-10(13-12(19)11(18)8-20-13)7-15-16-9-5-3-2-4-6-9/h2-7,11-14,16,18-19H,8H2,1H3/b15-7-,17-10-/t11-,12-,13-/m1/s1. The summed E-state index contributed by atoms with van der Waals surface area (Å²) in [7, 11) is 1.64. The molecule has 0 aliphatic carbocycles. The fourth-order valence-electron chi connectivity index (χ4n) is 1.84. The molecule has 108 valence electrons. The second kappa shape index (κ2) is 6.99. The molecule has 0 aromatic heterocycles. The highest BCUT2D eigenvalue weighted by atomic mass is 16.5. The fraction of sp³-hybridized carbons (Fsp3) is 0.385. The fourth-order valence-corrected chi connectivity index (χ4v) is 1.84. The highest BCUT2D eigenvalue weighted by molar-refractivity contribution is 6.33. The largest absolute Gasteiger partial charge is 0.388 e. The van der Waals surface area contributed by atoms with Gasteiger partial charge in [-0.2, -0.15) is 10.2 Å². The Morgan fingerprint density at radius 3 is 2.70 bits per heavy atom. The zero-order valence-electron chi connectivity index (χ0n) is 11.1. The van der Waals surface area contributed by atoms with Crippen LogP contribution in [-0.2, 0) is 4.74 Å². The second-order valence-electron chi connectivity index (χ2n) is 4.31. The quantitative estimate of drug-likeness (QED) is 0.441. The van der Waals surface area contributed by atoms with Crippen molar-refractivity contribution in [3.05, 3.63) is 30.3 Å². The van der Waals surface area contributed by atoms with Crippen LogP contribution in [0.3, 0.4) is 0 Å². The van der Waals surface area contributed by atoms with Crippen molar-refractivity contribution in [3.8, 4) is 0 Å². The molecule has 1 aromatic rings. The number of rotatable bonds is 5. The van der Waals surface area contributed by atoms with E-state index in [2.05, 4.69) is 21.1 Å². The molecule has 1 aliphatic rings. The molecular weight excluding hydrogens is 260 g/mol. The molecule has 0 saturated carbocycles. The van der Waals surface area contributed by atoms with Crippen LogP contribution < -0.4 is 10.9 Å². The van der Waals surface area contributed by atoms with Gasteiger partial charge in [0.2, 0.25) is 0 Å². The maximum atomic E-state index is 9.81. The van der Waals surface area contributed by atoms with Gasteiger partial charge in [0.05, 0.1) is 18.5 Å². The van der Waals surface area contributed by atoms with Crippen LogP contribution in [0.2, 0.25) is 0 Å². The Hall–Kier alpha value is -1.96. The predicted molar refractivity (Wildman–Crippen MR) is 76.8 cm³/mol. The maximum Gasteiger partial charge on any atom is 0.131 e. The third-order valence-corrected chi connectivity index (χ3v) is 2.85. The van der Waals surface area contributed by atoms with Gasteiger partial charge in [-0.3, -0.25) is 5.43 Å². The number of hydrogen-bond acceptors (Lipinski definition) is 7. The summed E-state index contributed by atoms with van der Waals surface area (Å²) in [5.74, 6) is 0. The molecule has 7 heteroatoms. The number of nitrogens with zero attached hydrogens (tertiary/aromatic N) is 2. The molecule has 1 aliphatic heterocycles. The average Bonchev–Trinajstić information content (AvgIpc) is 2.79. The first-order chi connectivity index (χ1) is 9.72. The number of aliphatic hydroxyl groups excluding tert-OH is 2. The molecule has 1 saturated heterocycles. The summed E-state index contributed by atoms with van der Waals surface area (Å²) >= 11 is 0. The lowest BCUT2D eigenvalue weighted by Crippen LogP contribution is -2.37. The molecule has 4 N–H and O–H groups in total. The second-order valence-corrected chi connectivity index (χ2v) is 4.31. The van der Waals surface area contributed by atoms with Crippen LogP contribution in [0.15, 0.2) is 40.5 Å². The van der Waals surface area contributed by atoms with E-state index in [0.717, 1.165) is 5.69 Å². The number of aliphatic hydroxyl groups is 2. The molecule has 0 spiro atoms. The molecule has 1 heterocycles. The molecule has 3 atom stereocenters. The third kappa shape index (κ3) is 3.53. The van der Waals surface area contributed by atoms with E-state index in [9.17, 15) is 10.2 Å². The Morgan fingerprint density at radius 1 is 1.35 bits per heavy atom. The topological polar surface area (TPSA) is 98.5 Å². The van der Waals surface area contributed by atoms with E-state index in [-0.39, 0.29) is 6.61 Å². The highest BCUT2D eigenvalue weighted by Gasteiger charge is 2.37. The number of para-hydroxylation sites is 1. The van der Waals surface area contributed by atoms with Crippen molar-refractivity contribution in [1.82, 2.24) is 5.43 Å². The summed E-state index contributed by atoms with van der Waals surface area (Å²) < 4.78 is 5.31. The summed E-state index contributed by atoms with van der Waals surface area (Å²) in [6.45, 7) is 0.0779. The molecule has 0 radical (unpaired) electrons. The first-order valence-corrected chi connectivity index (χ1v) is 6.28. The van der Waals surface area contributed by atoms with Crippen LogP contribution in [-0.4, -0.2) is 54.1 Å². The Labute approximate surface area is 117 Å².